The van der Waals surface area contributed by atoms with Gasteiger partial charge in [0.05, 0.1) is 36.1 Å². The van der Waals surface area contributed by atoms with Crippen LogP contribution >= 0.6 is 0 Å². The summed E-state index contributed by atoms with van der Waals surface area (Å²) in [6.07, 6.45) is -1.78. The van der Waals surface area contributed by atoms with E-state index in [1.165, 1.54) is 35.4 Å². The standard InChI is InChI=1S/C43H43F4N9O9/c44-29-21-55(36(59)18-24-7-9-26(10-8-24)65-43(45,46)47)17-13-33(29)64-40-28(38(48)60)19-25(20-51-40)31-22-54(23-52-31)16-2-6-34(57)50-15-3-14-49-30-5-1-4-27-37(30)42(63)56(41(27)62)32-11-12-35(58)53-39(32)61/h1,4-5,7-10,19-20,22-23,29,32-33,49H,2-3,6,11-18,21H2,(H2,48,60)(H,50,57)(H,53,58,61)/t29-,32?,33-/m1/s1. The van der Waals surface area contributed by atoms with Gasteiger partial charge in [-0.25, -0.2) is 14.4 Å². The van der Waals surface area contributed by atoms with Gasteiger partial charge in [0.15, 0.2) is 6.17 Å². The number of aromatic nitrogens is 3. The van der Waals surface area contributed by atoms with Crippen LogP contribution in [0.25, 0.3) is 11.3 Å². The Kier molecular flexibility index (Phi) is 13.7. The molecule has 0 aliphatic carbocycles. The molecule has 0 spiro atoms. The molecule has 0 bridgehead atoms. The van der Waals surface area contributed by atoms with Crippen molar-refractivity contribution in [1.29, 1.82) is 0 Å². The molecular formula is C43H43F4N9O9. The predicted octanol–water partition coefficient (Wildman–Crippen LogP) is 3.30. The monoisotopic (exact) mass is 905 g/mol. The summed E-state index contributed by atoms with van der Waals surface area (Å²) in [7, 11) is 0. The molecule has 3 atom stereocenters. The van der Waals surface area contributed by atoms with Crippen LogP contribution in [0.1, 0.15) is 75.2 Å². The number of piperidine rings is 2. The summed E-state index contributed by atoms with van der Waals surface area (Å²) in [5, 5.41) is 8.16. The zero-order chi connectivity index (χ0) is 46.4. The summed E-state index contributed by atoms with van der Waals surface area (Å²) in [5.74, 6) is -4.48. The Hall–Kier alpha value is -7.39. The number of hydrogen-bond acceptors (Lipinski definition) is 12. The third-order valence-corrected chi connectivity index (χ3v) is 10.9. The topological polar surface area (TPSA) is 237 Å². The van der Waals surface area contributed by atoms with Crippen molar-refractivity contribution in [2.24, 2.45) is 5.73 Å². The molecule has 2 aromatic carbocycles. The van der Waals surface area contributed by atoms with Gasteiger partial charge >= 0.3 is 6.36 Å². The van der Waals surface area contributed by atoms with E-state index in [1.54, 1.807) is 29.2 Å². The highest BCUT2D eigenvalue weighted by Crippen LogP contribution is 2.33. The fourth-order valence-corrected chi connectivity index (χ4v) is 7.69. The number of halogens is 4. The SMILES string of the molecule is NC(=O)c1cc(-c2cn(CCCC(=O)NCCCNc3cccc4c3C(=O)N(C3CCC(=O)NC3=O)C4=O)cn2)cnc1O[C@@H]1CCN(C(=O)Cc2ccc(OC(F)(F)F)cc2)C[C@H]1F. The molecule has 22 heteroatoms. The second-order valence-electron chi connectivity index (χ2n) is 15.5. The highest BCUT2D eigenvalue weighted by Gasteiger charge is 2.45. The number of ether oxygens (including phenoxy) is 2. The van der Waals surface area contributed by atoms with Crippen molar-refractivity contribution in [3.63, 3.8) is 0 Å². The van der Waals surface area contributed by atoms with E-state index in [0.717, 1.165) is 17.0 Å². The largest absolute Gasteiger partial charge is 0.573 e. The smallest absolute Gasteiger partial charge is 0.471 e. The summed E-state index contributed by atoms with van der Waals surface area (Å²) in [5.41, 5.74) is 7.54. The van der Waals surface area contributed by atoms with Crippen LogP contribution < -0.4 is 31.2 Å². The quantitative estimate of drug-likeness (QED) is 0.0679. The molecule has 2 fully saturated rings. The minimum Gasteiger partial charge on any atom is -0.471 e. The number of anilines is 1. The Labute approximate surface area is 367 Å². The zero-order valence-corrected chi connectivity index (χ0v) is 34.6. The molecule has 2 aromatic heterocycles. The molecular weight excluding hydrogens is 863 g/mol. The molecule has 65 heavy (non-hydrogen) atoms. The summed E-state index contributed by atoms with van der Waals surface area (Å²) in [4.78, 5) is 99.0. The Morgan fingerprint density at radius 2 is 1.75 bits per heavy atom. The fraction of sp³-hybridized carbons (Fsp3) is 0.372. The van der Waals surface area contributed by atoms with Gasteiger partial charge in [0.1, 0.15) is 23.5 Å². The third-order valence-electron chi connectivity index (χ3n) is 10.9. The number of rotatable bonds is 17. The average molecular weight is 906 g/mol. The van der Waals surface area contributed by atoms with Gasteiger partial charge < -0.3 is 35.3 Å². The molecule has 4 aromatic rings. The van der Waals surface area contributed by atoms with Crippen LogP contribution in [-0.2, 0) is 32.1 Å². The van der Waals surface area contributed by atoms with Gasteiger partial charge in [0.25, 0.3) is 17.7 Å². The Balaban J connectivity index is 0.829. The van der Waals surface area contributed by atoms with Crippen molar-refractivity contribution in [3.05, 3.63) is 89.5 Å². The maximum Gasteiger partial charge on any atom is 0.573 e. The fourth-order valence-electron chi connectivity index (χ4n) is 7.69. The number of pyridine rings is 1. The highest BCUT2D eigenvalue weighted by atomic mass is 19.4. The normalized spacial score (nSPS) is 18.6. The maximum absolute atomic E-state index is 15.3. The highest BCUT2D eigenvalue weighted by molar-refractivity contribution is 6.25. The molecule has 1 unspecified atom stereocenters. The van der Waals surface area contributed by atoms with Crippen LogP contribution in [-0.4, -0.2) is 117 Å². The van der Waals surface area contributed by atoms with Crippen molar-refractivity contribution in [2.75, 3.05) is 31.5 Å². The molecule has 0 saturated carbocycles. The summed E-state index contributed by atoms with van der Waals surface area (Å²) in [6.45, 7) is 0.926. The van der Waals surface area contributed by atoms with E-state index in [1.807, 2.05) is 0 Å². The first-order chi connectivity index (χ1) is 31.0. The van der Waals surface area contributed by atoms with E-state index in [9.17, 15) is 46.7 Å². The molecule has 7 amide bonds. The summed E-state index contributed by atoms with van der Waals surface area (Å²) >= 11 is 0. The number of hydrogen-bond donors (Lipinski definition) is 4. The molecule has 3 aliphatic heterocycles. The number of likely N-dealkylation sites (tertiary alicyclic amines) is 1. The van der Waals surface area contributed by atoms with Gasteiger partial charge in [-0.15, -0.1) is 13.2 Å². The number of imidazole rings is 1. The first kappa shape index (κ1) is 45.6. The predicted molar refractivity (Wildman–Crippen MR) is 220 cm³/mol. The van der Waals surface area contributed by atoms with Crippen LogP contribution in [0, 0.1) is 0 Å². The number of nitrogens with one attached hydrogen (secondary N) is 3. The Morgan fingerprint density at radius 3 is 2.48 bits per heavy atom. The second kappa shape index (κ2) is 19.6. The number of primary amides is 1. The third kappa shape index (κ3) is 11.0. The molecule has 342 valence electrons. The molecule has 7 rings (SSSR count). The lowest BCUT2D eigenvalue weighted by Crippen LogP contribution is -2.54. The number of fused-ring (bicyclic) bond motifs is 1. The summed E-state index contributed by atoms with van der Waals surface area (Å²) < 4.78 is 64.1. The lowest BCUT2D eigenvalue weighted by Gasteiger charge is -2.34. The van der Waals surface area contributed by atoms with E-state index in [-0.39, 0.29) is 73.7 Å². The Bertz CT molecular complexity index is 2500. The first-order valence-corrected chi connectivity index (χ1v) is 20.6. The molecule has 0 radical (unpaired) electrons. The van der Waals surface area contributed by atoms with Gasteiger partial charge in [0, 0.05) is 69.1 Å². The number of carbonyl (C=O) groups excluding carboxylic acids is 7. The number of carbonyl (C=O) groups is 7. The number of imide groups is 2. The van der Waals surface area contributed by atoms with Gasteiger partial charge in [0.2, 0.25) is 29.5 Å². The summed E-state index contributed by atoms with van der Waals surface area (Å²) in [6, 6.07) is 9.95. The van der Waals surface area contributed by atoms with E-state index in [0.29, 0.717) is 55.0 Å². The number of nitrogens with zero attached hydrogens (tertiary/aromatic N) is 5. The van der Waals surface area contributed by atoms with Crippen LogP contribution in [0.3, 0.4) is 0 Å². The number of alkyl halides is 4. The molecule has 5 N–H and O–H groups in total. The van der Waals surface area contributed by atoms with E-state index in [4.69, 9.17) is 10.5 Å². The molecule has 18 nitrogen and oxygen atoms in total. The molecule has 3 aliphatic rings. The number of nitrogens with two attached hydrogens (primary N) is 1. The minimum absolute atomic E-state index is 0.0172. The van der Waals surface area contributed by atoms with E-state index < -0.39 is 65.9 Å². The van der Waals surface area contributed by atoms with Crippen LogP contribution in [0.15, 0.2) is 67.3 Å². The van der Waals surface area contributed by atoms with Crippen molar-refractivity contribution in [2.45, 2.75) is 76.2 Å². The second-order valence-corrected chi connectivity index (χ2v) is 15.5. The van der Waals surface area contributed by atoms with Crippen molar-refractivity contribution >= 4 is 47.0 Å². The number of amides is 7. The van der Waals surface area contributed by atoms with Crippen LogP contribution in [0.2, 0.25) is 0 Å². The van der Waals surface area contributed by atoms with Crippen LogP contribution in [0.5, 0.6) is 11.6 Å². The van der Waals surface area contributed by atoms with Gasteiger partial charge in [-0.05, 0) is 55.2 Å². The van der Waals surface area contributed by atoms with E-state index >= 15 is 4.39 Å². The van der Waals surface area contributed by atoms with Gasteiger partial charge in [-0.3, -0.25) is 43.8 Å². The van der Waals surface area contributed by atoms with Gasteiger partial charge in [-0.1, -0.05) is 18.2 Å². The Morgan fingerprint density at radius 1 is 0.969 bits per heavy atom. The van der Waals surface area contributed by atoms with Crippen molar-refractivity contribution in [3.8, 4) is 22.9 Å². The van der Waals surface area contributed by atoms with Gasteiger partial charge in [-0.2, -0.15) is 0 Å². The number of aryl methyl sites for hydroxylation is 1. The average Bonchev–Trinajstić information content (AvgIpc) is 3.83. The van der Waals surface area contributed by atoms with Crippen LogP contribution in [0.4, 0.5) is 23.2 Å². The lowest BCUT2D eigenvalue weighted by molar-refractivity contribution is -0.274. The molecule has 2 saturated heterocycles. The van der Waals surface area contributed by atoms with Crippen molar-refractivity contribution < 1.29 is 60.6 Å². The number of benzene rings is 2. The lowest BCUT2D eigenvalue weighted by atomic mass is 10.0. The first-order valence-electron chi connectivity index (χ1n) is 20.6. The molecule has 5 heterocycles. The zero-order valence-electron chi connectivity index (χ0n) is 34.6. The van der Waals surface area contributed by atoms with E-state index in [2.05, 4.69) is 30.7 Å². The maximum atomic E-state index is 15.3. The van der Waals surface area contributed by atoms with Crippen molar-refractivity contribution in [1.82, 2.24) is 35.0 Å². The minimum atomic E-state index is -4.85.